The van der Waals surface area contributed by atoms with Gasteiger partial charge in [-0.2, -0.15) is 0 Å². The molecule has 0 aliphatic heterocycles. The van der Waals surface area contributed by atoms with Crippen LogP contribution in [0.1, 0.15) is 45.2 Å². The average molecular weight is 338 g/mol. The van der Waals surface area contributed by atoms with E-state index in [0.29, 0.717) is 12.2 Å². The summed E-state index contributed by atoms with van der Waals surface area (Å²) >= 11 is 0. The maximum absolute atomic E-state index is 13.4. The second-order valence-corrected chi connectivity index (χ2v) is 6.70. The summed E-state index contributed by atoms with van der Waals surface area (Å²) in [7, 11) is 0. The summed E-state index contributed by atoms with van der Waals surface area (Å²) in [5.41, 5.74) is 1.61. The molecular formula is C23H31NO. The van der Waals surface area contributed by atoms with Gasteiger partial charge in [-0.1, -0.05) is 88.4 Å². The summed E-state index contributed by atoms with van der Waals surface area (Å²) in [4.78, 5) is 15.8. The van der Waals surface area contributed by atoms with Gasteiger partial charge in [0.1, 0.15) is 5.78 Å². The minimum atomic E-state index is -0.597. The van der Waals surface area contributed by atoms with Gasteiger partial charge in [-0.05, 0) is 30.1 Å². The molecular weight excluding hydrogens is 306 g/mol. The second kappa shape index (κ2) is 8.96. The third kappa shape index (κ3) is 3.85. The van der Waals surface area contributed by atoms with Crippen molar-refractivity contribution in [2.75, 3.05) is 19.6 Å². The predicted molar refractivity (Wildman–Crippen MR) is 106 cm³/mol. The fourth-order valence-electron chi connectivity index (χ4n) is 4.02. The van der Waals surface area contributed by atoms with Crippen LogP contribution in [0.5, 0.6) is 0 Å². The van der Waals surface area contributed by atoms with Crippen LogP contribution < -0.4 is 0 Å². The molecule has 0 bridgehead atoms. The largest absolute Gasteiger partial charge is 0.304 e. The summed E-state index contributed by atoms with van der Waals surface area (Å²) in [5, 5.41) is 0. The highest BCUT2D eigenvalue weighted by atomic mass is 16.1. The molecule has 0 N–H and O–H groups in total. The monoisotopic (exact) mass is 337 g/mol. The van der Waals surface area contributed by atoms with Gasteiger partial charge in [-0.15, -0.1) is 0 Å². The van der Waals surface area contributed by atoms with Gasteiger partial charge < -0.3 is 4.90 Å². The lowest BCUT2D eigenvalue weighted by atomic mass is 9.63. The van der Waals surface area contributed by atoms with E-state index in [1.54, 1.807) is 0 Å². The van der Waals surface area contributed by atoms with Crippen molar-refractivity contribution in [3.05, 3.63) is 71.8 Å². The molecule has 25 heavy (non-hydrogen) atoms. The van der Waals surface area contributed by atoms with Crippen molar-refractivity contribution >= 4 is 5.78 Å². The van der Waals surface area contributed by atoms with Crippen molar-refractivity contribution in [1.29, 1.82) is 0 Å². The number of hydrogen-bond acceptors (Lipinski definition) is 2. The highest BCUT2D eigenvalue weighted by Crippen LogP contribution is 2.41. The second-order valence-electron chi connectivity index (χ2n) is 6.70. The van der Waals surface area contributed by atoms with Gasteiger partial charge in [0.2, 0.25) is 0 Å². The maximum Gasteiger partial charge on any atom is 0.147 e. The summed E-state index contributed by atoms with van der Waals surface area (Å²) in [6.07, 6.45) is 0.534. The van der Waals surface area contributed by atoms with Gasteiger partial charge in [0.15, 0.2) is 0 Å². The zero-order valence-electron chi connectivity index (χ0n) is 16.0. The minimum absolute atomic E-state index is 0.185. The molecule has 2 nitrogen and oxygen atoms in total. The van der Waals surface area contributed by atoms with Crippen LogP contribution in [0.3, 0.4) is 0 Å². The van der Waals surface area contributed by atoms with Gasteiger partial charge in [0, 0.05) is 13.0 Å². The molecule has 1 unspecified atom stereocenters. The molecule has 1 atom stereocenters. The number of rotatable bonds is 9. The van der Waals surface area contributed by atoms with Gasteiger partial charge in [-0.25, -0.2) is 0 Å². The van der Waals surface area contributed by atoms with Gasteiger partial charge >= 0.3 is 0 Å². The Balaban J connectivity index is 2.65. The topological polar surface area (TPSA) is 20.3 Å². The first-order valence-corrected chi connectivity index (χ1v) is 9.47. The molecule has 2 aromatic rings. The van der Waals surface area contributed by atoms with Crippen molar-refractivity contribution in [1.82, 2.24) is 4.90 Å². The van der Waals surface area contributed by atoms with E-state index >= 15 is 0 Å². The van der Waals surface area contributed by atoms with Gasteiger partial charge in [0.25, 0.3) is 0 Å². The normalized spacial score (nSPS) is 13.0. The number of hydrogen-bond donors (Lipinski definition) is 0. The maximum atomic E-state index is 13.4. The Bertz CT molecular complexity index is 607. The van der Waals surface area contributed by atoms with E-state index in [-0.39, 0.29) is 5.92 Å². The van der Waals surface area contributed by atoms with Crippen LogP contribution in [-0.4, -0.2) is 30.3 Å². The Hall–Kier alpha value is -1.93. The minimum Gasteiger partial charge on any atom is -0.304 e. The molecule has 0 aromatic heterocycles. The van der Waals surface area contributed by atoms with E-state index < -0.39 is 5.41 Å². The molecule has 2 aromatic carbocycles. The Morgan fingerprint density at radius 1 is 0.880 bits per heavy atom. The molecule has 2 rings (SSSR count). The predicted octanol–water partition coefficient (Wildman–Crippen LogP) is 4.93. The molecule has 0 spiro atoms. The number of Topliss-reactive ketones (excluding diaryl/α,β-unsaturated/α-hetero) is 1. The molecule has 0 aliphatic carbocycles. The summed E-state index contributed by atoms with van der Waals surface area (Å²) < 4.78 is 0. The molecule has 0 saturated heterocycles. The van der Waals surface area contributed by atoms with E-state index in [0.717, 1.165) is 30.8 Å². The SMILES string of the molecule is CCC(=O)C(c1ccccc1)(c1ccccc1)C(C)CN(CC)CC. The molecule has 0 radical (unpaired) electrons. The van der Waals surface area contributed by atoms with Crippen LogP contribution >= 0.6 is 0 Å². The first kappa shape index (κ1) is 19.4. The van der Waals surface area contributed by atoms with Gasteiger partial charge in [0.05, 0.1) is 5.41 Å². The van der Waals surface area contributed by atoms with Crippen LogP contribution in [0.25, 0.3) is 0 Å². The number of nitrogens with zero attached hydrogens (tertiary/aromatic N) is 1. The van der Waals surface area contributed by atoms with Crippen LogP contribution in [-0.2, 0) is 10.2 Å². The van der Waals surface area contributed by atoms with E-state index in [2.05, 4.69) is 49.9 Å². The molecule has 0 saturated carbocycles. The lowest BCUT2D eigenvalue weighted by molar-refractivity contribution is -0.124. The third-order valence-corrected chi connectivity index (χ3v) is 5.38. The highest BCUT2D eigenvalue weighted by molar-refractivity contribution is 5.94. The first-order valence-electron chi connectivity index (χ1n) is 9.47. The van der Waals surface area contributed by atoms with Crippen molar-refractivity contribution in [3.63, 3.8) is 0 Å². The third-order valence-electron chi connectivity index (χ3n) is 5.38. The highest BCUT2D eigenvalue weighted by Gasteiger charge is 2.45. The Kier molecular flexibility index (Phi) is 6.95. The molecule has 134 valence electrons. The first-order chi connectivity index (χ1) is 12.1. The zero-order chi connectivity index (χ0) is 18.3. The molecule has 0 amide bonds. The standard InChI is InChI=1S/C23H31NO/c1-5-22(25)23(20-14-10-8-11-15-20,21-16-12-9-13-17-21)19(4)18-24(6-2)7-3/h8-17,19H,5-7,18H2,1-4H3. The van der Waals surface area contributed by atoms with Crippen molar-refractivity contribution in [3.8, 4) is 0 Å². The van der Waals surface area contributed by atoms with Crippen LogP contribution in [0, 0.1) is 5.92 Å². The van der Waals surface area contributed by atoms with Crippen molar-refractivity contribution < 1.29 is 4.79 Å². The summed E-state index contributed by atoms with van der Waals surface area (Å²) in [6, 6.07) is 20.6. The Labute approximate surface area is 152 Å². The van der Waals surface area contributed by atoms with E-state index in [4.69, 9.17) is 0 Å². The van der Waals surface area contributed by atoms with Crippen molar-refractivity contribution in [2.45, 2.75) is 39.5 Å². The fraction of sp³-hybridized carbons (Fsp3) is 0.435. The molecule has 2 heteroatoms. The Morgan fingerprint density at radius 3 is 1.68 bits per heavy atom. The van der Waals surface area contributed by atoms with Gasteiger partial charge in [-0.3, -0.25) is 4.79 Å². The lowest BCUT2D eigenvalue weighted by Gasteiger charge is -2.41. The summed E-state index contributed by atoms with van der Waals surface area (Å²) in [6.45, 7) is 11.5. The lowest BCUT2D eigenvalue weighted by Crippen LogP contribution is -2.47. The average Bonchev–Trinajstić information content (AvgIpc) is 2.68. The number of carbonyl (C=O) groups is 1. The van der Waals surface area contributed by atoms with E-state index in [1.165, 1.54) is 0 Å². The van der Waals surface area contributed by atoms with E-state index in [1.807, 2.05) is 43.3 Å². The van der Waals surface area contributed by atoms with Crippen molar-refractivity contribution in [2.24, 2.45) is 5.92 Å². The molecule has 0 aliphatic rings. The molecule has 0 heterocycles. The van der Waals surface area contributed by atoms with E-state index in [9.17, 15) is 4.79 Å². The smallest absolute Gasteiger partial charge is 0.147 e. The fourth-order valence-corrected chi connectivity index (χ4v) is 4.02. The number of benzene rings is 2. The zero-order valence-corrected chi connectivity index (χ0v) is 16.0. The number of ketones is 1. The summed E-state index contributed by atoms with van der Waals surface area (Å²) in [5.74, 6) is 0.481. The molecule has 0 fully saturated rings. The quantitative estimate of drug-likeness (QED) is 0.646. The Morgan fingerprint density at radius 2 is 1.32 bits per heavy atom. The van der Waals surface area contributed by atoms with Crippen LogP contribution in [0.4, 0.5) is 0 Å². The number of carbonyl (C=O) groups excluding carboxylic acids is 1. The van der Waals surface area contributed by atoms with Crippen LogP contribution in [0.2, 0.25) is 0 Å². The van der Waals surface area contributed by atoms with Crippen LogP contribution in [0.15, 0.2) is 60.7 Å².